The molecule has 3 aromatic carbocycles. The average molecular weight is 262 g/mol. The highest BCUT2D eigenvalue weighted by molar-refractivity contribution is 6.23. The minimum Gasteiger partial charge on any atom is -0.375 e. The number of hydrogen-bond donors (Lipinski definition) is 0. The quantitative estimate of drug-likeness (QED) is 0.712. The summed E-state index contributed by atoms with van der Waals surface area (Å²) in [7, 11) is 8.07. The molecule has 0 spiro atoms. The summed E-state index contributed by atoms with van der Waals surface area (Å²) in [6.45, 7) is 0. The standard InChI is InChI=1S/C16H14N4/c1-19(2)15-11-5-9-10(14(8-18)13(9)7-17)6-12(11)16(15)20(3)4/h5-6H,1-4H3. The van der Waals surface area contributed by atoms with Crippen LogP contribution in [0.2, 0.25) is 0 Å². The first-order valence-corrected chi connectivity index (χ1v) is 6.34. The van der Waals surface area contributed by atoms with Gasteiger partial charge in [0.25, 0.3) is 0 Å². The molecule has 0 aliphatic carbocycles. The lowest BCUT2D eigenvalue weighted by Gasteiger charge is -2.31. The SMILES string of the molecule is CN(C)c1c(N(C)C)c2cc3c(C#N)c(C#N)c3cc12. The molecule has 0 aliphatic rings. The zero-order valence-electron chi connectivity index (χ0n) is 11.9. The summed E-state index contributed by atoms with van der Waals surface area (Å²) >= 11 is 0. The number of rotatable bonds is 2. The normalized spacial score (nSPS) is 10.9. The number of benzene rings is 1. The third-order valence-electron chi connectivity index (χ3n) is 3.80. The maximum atomic E-state index is 9.14. The third-order valence-corrected chi connectivity index (χ3v) is 3.80. The molecule has 0 aromatic heterocycles. The van der Waals surface area contributed by atoms with E-state index in [0.717, 1.165) is 21.5 Å². The van der Waals surface area contributed by atoms with Crippen molar-refractivity contribution in [2.24, 2.45) is 0 Å². The van der Waals surface area contributed by atoms with E-state index in [4.69, 9.17) is 10.5 Å². The van der Waals surface area contributed by atoms with E-state index in [9.17, 15) is 0 Å². The van der Waals surface area contributed by atoms with Gasteiger partial charge in [0.2, 0.25) is 0 Å². The van der Waals surface area contributed by atoms with Crippen LogP contribution < -0.4 is 9.80 Å². The molecule has 0 unspecified atom stereocenters. The molecule has 3 aromatic rings. The first-order chi connectivity index (χ1) is 9.51. The van der Waals surface area contributed by atoms with Crippen molar-refractivity contribution in [1.29, 1.82) is 10.5 Å². The van der Waals surface area contributed by atoms with Crippen LogP contribution in [-0.4, -0.2) is 28.2 Å². The van der Waals surface area contributed by atoms with Gasteiger partial charge in [-0.25, -0.2) is 0 Å². The van der Waals surface area contributed by atoms with Gasteiger partial charge in [0.05, 0.1) is 22.5 Å². The van der Waals surface area contributed by atoms with Gasteiger partial charge in [0.1, 0.15) is 12.1 Å². The van der Waals surface area contributed by atoms with Crippen molar-refractivity contribution in [2.75, 3.05) is 38.0 Å². The molecule has 0 atom stereocenters. The summed E-state index contributed by atoms with van der Waals surface area (Å²) in [5, 5.41) is 22.4. The number of nitriles is 2. The summed E-state index contributed by atoms with van der Waals surface area (Å²) in [6, 6.07) is 8.32. The van der Waals surface area contributed by atoms with Crippen LogP contribution in [0, 0.1) is 22.7 Å². The lowest BCUT2D eigenvalue weighted by Crippen LogP contribution is -2.20. The summed E-state index contributed by atoms with van der Waals surface area (Å²) < 4.78 is 0. The molecule has 0 N–H and O–H groups in total. The number of hydrogen-bond acceptors (Lipinski definition) is 4. The zero-order chi connectivity index (χ0) is 14.6. The molecule has 4 heteroatoms. The van der Waals surface area contributed by atoms with Crippen molar-refractivity contribution in [2.45, 2.75) is 0 Å². The van der Waals surface area contributed by atoms with E-state index in [1.165, 1.54) is 11.4 Å². The Morgan fingerprint density at radius 2 is 1.05 bits per heavy atom. The fourth-order valence-electron chi connectivity index (χ4n) is 2.94. The lowest BCUT2D eigenvalue weighted by molar-refractivity contribution is 1.08. The number of anilines is 2. The Morgan fingerprint density at radius 3 is 1.30 bits per heavy atom. The van der Waals surface area contributed by atoms with E-state index in [1.807, 2.05) is 40.3 Å². The predicted molar refractivity (Wildman–Crippen MR) is 81.9 cm³/mol. The van der Waals surface area contributed by atoms with Crippen molar-refractivity contribution < 1.29 is 0 Å². The van der Waals surface area contributed by atoms with Crippen LogP contribution in [0.25, 0.3) is 21.5 Å². The van der Waals surface area contributed by atoms with Crippen LogP contribution in [0.15, 0.2) is 12.1 Å². The van der Waals surface area contributed by atoms with Gasteiger partial charge in [0.15, 0.2) is 0 Å². The second kappa shape index (κ2) is 3.88. The number of nitrogens with zero attached hydrogens (tertiary/aromatic N) is 4. The maximum Gasteiger partial charge on any atom is 0.101 e. The summed E-state index contributed by atoms with van der Waals surface area (Å²) in [5.74, 6) is 0. The largest absolute Gasteiger partial charge is 0.375 e. The van der Waals surface area contributed by atoms with Gasteiger partial charge in [0, 0.05) is 49.7 Å². The maximum absolute atomic E-state index is 9.14. The second-order valence-corrected chi connectivity index (χ2v) is 5.40. The second-order valence-electron chi connectivity index (χ2n) is 5.40. The summed E-state index contributed by atoms with van der Waals surface area (Å²) in [6.07, 6.45) is 0. The van der Waals surface area contributed by atoms with Crippen LogP contribution in [0.5, 0.6) is 0 Å². The van der Waals surface area contributed by atoms with E-state index in [0.29, 0.717) is 11.1 Å². The third kappa shape index (κ3) is 1.28. The summed E-state index contributed by atoms with van der Waals surface area (Å²) in [4.78, 5) is 4.17. The van der Waals surface area contributed by atoms with Gasteiger partial charge in [-0.2, -0.15) is 10.5 Å². The van der Waals surface area contributed by atoms with Crippen LogP contribution in [-0.2, 0) is 0 Å². The fraction of sp³-hybridized carbons (Fsp3) is 0.250. The zero-order valence-corrected chi connectivity index (χ0v) is 11.9. The molecule has 0 fully saturated rings. The molecule has 0 aliphatic heterocycles. The Morgan fingerprint density at radius 1 is 0.700 bits per heavy atom. The minimum absolute atomic E-state index is 0.515. The smallest absolute Gasteiger partial charge is 0.101 e. The van der Waals surface area contributed by atoms with Crippen LogP contribution in [0.4, 0.5) is 11.4 Å². The Kier molecular flexibility index (Phi) is 2.39. The first kappa shape index (κ1) is 12.3. The van der Waals surface area contributed by atoms with E-state index < -0.39 is 0 Å². The molecule has 0 heterocycles. The molecule has 98 valence electrons. The molecule has 0 bridgehead atoms. The minimum atomic E-state index is 0.515. The molecule has 20 heavy (non-hydrogen) atoms. The topological polar surface area (TPSA) is 54.1 Å². The molecule has 3 rings (SSSR count). The molecule has 0 amide bonds. The first-order valence-electron chi connectivity index (χ1n) is 6.34. The van der Waals surface area contributed by atoms with Crippen molar-refractivity contribution in [3.05, 3.63) is 23.3 Å². The Bertz CT molecular complexity index is 804. The predicted octanol–water partition coefficient (Wildman–Crippen LogP) is 2.74. The Labute approximate surface area is 117 Å². The average Bonchev–Trinajstić information content (AvgIpc) is 2.33. The van der Waals surface area contributed by atoms with Gasteiger partial charge in [-0.1, -0.05) is 0 Å². The van der Waals surface area contributed by atoms with Crippen molar-refractivity contribution >= 4 is 32.9 Å². The van der Waals surface area contributed by atoms with Gasteiger partial charge in [-0.15, -0.1) is 0 Å². The van der Waals surface area contributed by atoms with E-state index in [-0.39, 0.29) is 0 Å². The molecule has 0 radical (unpaired) electrons. The molecule has 0 saturated heterocycles. The molecule has 4 nitrogen and oxygen atoms in total. The van der Waals surface area contributed by atoms with Gasteiger partial charge in [-0.05, 0) is 12.1 Å². The monoisotopic (exact) mass is 262 g/mol. The van der Waals surface area contributed by atoms with E-state index in [2.05, 4.69) is 21.9 Å². The van der Waals surface area contributed by atoms with Crippen molar-refractivity contribution in [1.82, 2.24) is 0 Å². The highest BCUT2D eigenvalue weighted by Gasteiger charge is 2.25. The van der Waals surface area contributed by atoms with Crippen molar-refractivity contribution in [3.63, 3.8) is 0 Å². The molecular weight excluding hydrogens is 248 g/mol. The van der Waals surface area contributed by atoms with Crippen LogP contribution >= 0.6 is 0 Å². The van der Waals surface area contributed by atoms with Gasteiger partial charge in [-0.3, -0.25) is 0 Å². The van der Waals surface area contributed by atoms with Crippen LogP contribution in [0.3, 0.4) is 0 Å². The van der Waals surface area contributed by atoms with E-state index in [1.54, 1.807) is 0 Å². The van der Waals surface area contributed by atoms with Crippen LogP contribution in [0.1, 0.15) is 11.1 Å². The Hall–Kier alpha value is -2.72. The number of fused-ring (bicyclic) bond motifs is 2. The van der Waals surface area contributed by atoms with Gasteiger partial charge >= 0.3 is 0 Å². The van der Waals surface area contributed by atoms with Gasteiger partial charge < -0.3 is 9.80 Å². The highest BCUT2D eigenvalue weighted by Crippen LogP contribution is 2.49. The van der Waals surface area contributed by atoms with E-state index >= 15 is 0 Å². The lowest BCUT2D eigenvalue weighted by atomic mass is 9.86. The Balaban J connectivity index is 2.34. The van der Waals surface area contributed by atoms with Crippen molar-refractivity contribution in [3.8, 4) is 12.1 Å². The fourth-order valence-corrected chi connectivity index (χ4v) is 2.94. The highest BCUT2D eigenvalue weighted by atomic mass is 15.2. The molecular formula is C16H14N4. The summed E-state index contributed by atoms with van der Waals surface area (Å²) in [5.41, 5.74) is 3.38. The molecule has 0 saturated carbocycles.